The highest BCUT2D eigenvalue weighted by Crippen LogP contribution is 2.30. The molecule has 0 aromatic rings. The van der Waals surface area contributed by atoms with E-state index in [0.717, 1.165) is 19.3 Å². The zero-order valence-corrected chi connectivity index (χ0v) is 10.5. The molecule has 0 aliphatic heterocycles. The van der Waals surface area contributed by atoms with Gasteiger partial charge < -0.3 is 5.11 Å². The van der Waals surface area contributed by atoms with Gasteiger partial charge in [0.25, 0.3) is 0 Å². The molecule has 0 spiro atoms. The smallest absolute Gasteiger partial charge is 0.393 e. The van der Waals surface area contributed by atoms with Crippen LogP contribution in [0.4, 0.5) is 13.2 Å². The van der Waals surface area contributed by atoms with Crippen molar-refractivity contribution in [1.82, 2.24) is 4.90 Å². The quantitative estimate of drug-likeness (QED) is 0.832. The highest BCUT2D eigenvalue weighted by atomic mass is 19.4. The van der Waals surface area contributed by atoms with Crippen LogP contribution < -0.4 is 0 Å². The van der Waals surface area contributed by atoms with E-state index in [0.29, 0.717) is 19.0 Å². The van der Waals surface area contributed by atoms with E-state index in [1.54, 1.807) is 6.92 Å². The first kappa shape index (κ1) is 14.8. The maximum Gasteiger partial charge on any atom is 0.401 e. The minimum Gasteiger partial charge on any atom is -0.393 e. The van der Waals surface area contributed by atoms with Gasteiger partial charge in [-0.3, -0.25) is 4.90 Å². The van der Waals surface area contributed by atoms with Crippen LogP contribution in [0.25, 0.3) is 0 Å². The van der Waals surface area contributed by atoms with E-state index >= 15 is 0 Å². The van der Waals surface area contributed by atoms with E-state index in [1.807, 2.05) is 0 Å². The number of aliphatic hydroxyl groups is 1. The van der Waals surface area contributed by atoms with Gasteiger partial charge in [-0.25, -0.2) is 0 Å². The summed E-state index contributed by atoms with van der Waals surface area (Å²) >= 11 is 0. The van der Waals surface area contributed by atoms with Crippen LogP contribution in [-0.2, 0) is 0 Å². The van der Waals surface area contributed by atoms with Gasteiger partial charge in [0, 0.05) is 6.54 Å². The van der Waals surface area contributed by atoms with Crippen molar-refractivity contribution < 1.29 is 18.3 Å². The van der Waals surface area contributed by atoms with Crippen molar-refractivity contribution >= 4 is 0 Å². The van der Waals surface area contributed by atoms with Crippen LogP contribution in [0.3, 0.4) is 0 Å². The Labute approximate surface area is 101 Å². The number of rotatable bonds is 4. The van der Waals surface area contributed by atoms with Gasteiger partial charge in [0.1, 0.15) is 0 Å². The lowest BCUT2D eigenvalue weighted by molar-refractivity contribution is -0.148. The molecule has 3 atom stereocenters. The molecule has 1 aliphatic carbocycles. The summed E-state index contributed by atoms with van der Waals surface area (Å²) in [5.74, 6) is 0.494. The number of hydrogen-bond donors (Lipinski definition) is 1. The van der Waals surface area contributed by atoms with Gasteiger partial charge in [-0.05, 0) is 37.6 Å². The zero-order chi connectivity index (χ0) is 13.1. The maximum atomic E-state index is 12.3. The predicted molar refractivity (Wildman–Crippen MR) is 60.7 cm³/mol. The number of hydrogen-bond acceptors (Lipinski definition) is 2. The van der Waals surface area contributed by atoms with E-state index in [2.05, 4.69) is 6.92 Å². The molecule has 1 saturated carbocycles. The molecule has 0 heterocycles. The summed E-state index contributed by atoms with van der Waals surface area (Å²) in [6, 6.07) is 0. The highest BCUT2D eigenvalue weighted by Gasteiger charge is 2.33. The minimum absolute atomic E-state index is 0.0129. The van der Waals surface area contributed by atoms with Crippen LogP contribution >= 0.6 is 0 Å². The van der Waals surface area contributed by atoms with Gasteiger partial charge in [0.2, 0.25) is 0 Å². The van der Waals surface area contributed by atoms with E-state index in [1.165, 1.54) is 4.90 Å². The summed E-state index contributed by atoms with van der Waals surface area (Å²) in [6.45, 7) is 3.67. The van der Waals surface area contributed by atoms with Gasteiger partial charge in [-0.2, -0.15) is 13.2 Å². The molecule has 0 amide bonds. The van der Waals surface area contributed by atoms with Gasteiger partial charge >= 0.3 is 6.18 Å². The second-order valence-corrected chi connectivity index (χ2v) is 5.19. The Morgan fingerprint density at radius 2 is 1.94 bits per heavy atom. The van der Waals surface area contributed by atoms with Crippen molar-refractivity contribution in [1.29, 1.82) is 0 Å². The molecule has 5 heteroatoms. The number of halogens is 3. The van der Waals surface area contributed by atoms with Gasteiger partial charge in [-0.1, -0.05) is 13.8 Å². The van der Waals surface area contributed by atoms with E-state index in [9.17, 15) is 18.3 Å². The molecule has 2 nitrogen and oxygen atoms in total. The van der Waals surface area contributed by atoms with Gasteiger partial charge in [0.05, 0.1) is 12.6 Å². The van der Waals surface area contributed by atoms with Crippen molar-refractivity contribution in [3.8, 4) is 0 Å². The topological polar surface area (TPSA) is 23.5 Å². The second kappa shape index (κ2) is 6.05. The zero-order valence-electron chi connectivity index (χ0n) is 10.5. The molecule has 3 unspecified atom stereocenters. The van der Waals surface area contributed by atoms with E-state index < -0.39 is 18.8 Å². The summed E-state index contributed by atoms with van der Waals surface area (Å²) in [6.07, 6.45) is -2.07. The Morgan fingerprint density at radius 3 is 2.47 bits per heavy atom. The SMILES string of the molecule is CCN(CC1CC(C)CCC1O)CC(F)(F)F. The summed E-state index contributed by atoms with van der Waals surface area (Å²) < 4.78 is 36.9. The molecule has 1 aliphatic rings. The molecule has 1 N–H and O–H groups in total. The summed E-state index contributed by atoms with van der Waals surface area (Å²) in [5, 5.41) is 9.82. The molecule has 0 radical (unpaired) electrons. The van der Waals surface area contributed by atoms with E-state index in [4.69, 9.17) is 0 Å². The van der Waals surface area contributed by atoms with Crippen LogP contribution in [0.5, 0.6) is 0 Å². The van der Waals surface area contributed by atoms with Crippen molar-refractivity contribution in [3.05, 3.63) is 0 Å². The second-order valence-electron chi connectivity index (χ2n) is 5.19. The highest BCUT2D eigenvalue weighted by molar-refractivity contribution is 4.80. The third kappa shape index (κ3) is 5.25. The first-order valence-corrected chi connectivity index (χ1v) is 6.29. The Balaban J connectivity index is 2.48. The molecule has 102 valence electrons. The van der Waals surface area contributed by atoms with Gasteiger partial charge in [-0.15, -0.1) is 0 Å². The summed E-state index contributed by atoms with van der Waals surface area (Å²) in [7, 11) is 0. The molecule has 0 saturated heterocycles. The monoisotopic (exact) mass is 253 g/mol. The Hall–Kier alpha value is -0.290. The first-order valence-electron chi connectivity index (χ1n) is 6.29. The number of alkyl halides is 3. The van der Waals surface area contributed by atoms with Crippen LogP contribution in [0.2, 0.25) is 0 Å². The van der Waals surface area contributed by atoms with Gasteiger partial charge in [0.15, 0.2) is 0 Å². The molecule has 0 bridgehead atoms. The van der Waals surface area contributed by atoms with Crippen LogP contribution in [0, 0.1) is 11.8 Å². The fourth-order valence-electron chi connectivity index (χ4n) is 2.57. The molecular formula is C12H22F3NO. The van der Waals surface area contributed by atoms with Crippen molar-refractivity contribution in [2.45, 2.75) is 45.4 Å². The molecule has 0 aromatic carbocycles. The van der Waals surface area contributed by atoms with Crippen LogP contribution in [0.15, 0.2) is 0 Å². The van der Waals surface area contributed by atoms with Crippen molar-refractivity contribution in [3.63, 3.8) is 0 Å². The average molecular weight is 253 g/mol. The van der Waals surface area contributed by atoms with E-state index in [-0.39, 0.29) is 5.92 Å². The summed E-state index contributed by atoms with van der Waals surface area (Å²) in [4.78, 5) is 1.38. The van der Waals surface area contributed by atoms with Crippen LogP contribution in [0.1, 0.15) is 33.1 Å². The largest absolute Gasteiger partial charge is 0.401 e. The molecule has 1 rings (SSSR count). The Bertz CT molecular complexity index is 232. The Morgan fingerprint density at radius 1 is 1.29 bits per heavy atom. The molecular weight excluding hydrogens is 231 g/mol. The number of nitrogens with zero attached hydrogens (tertiary/aromatic N) is 1. The lowest BCUT2D eigenvalue weighted by atomic mass is 9.80. The number of aliphatic hydroxyl groups excluding tert-OH is 1. The first-order chi connectivity index (χ1) is 7.81. The normalized spacial score (nSPS) is 30.9. The Kier molecular flexibility index (Phi) is 5.25. The standard InChI is InChI=1S/C12H22F3NO/c1-3-16(8-12(13,14)15)7-10-6-9(2)4-5-11(10)17/h9-11,17H,3-8H2,1-2H3. The fourth-order valence-corrected chi connectivity index (χ4v) is 2.57. The summed E-state index contributed by atoms with van der Waals surface area (Å²) in [5.41, 5.74) is 0. The van der Waals surface area contributed by atoms with Crippen LogP contribution in [-0.4, -0.2) is 41.9 Å². The van der Waals surface area contributed by atoms with Crippen molar-refractivity contribution in [2.75, 3.05) is 19.6 Å². The molecule has 17 heavy (non-hydrogen) atoms. The molecule has 0 aromatic heterocycles. The lowest BCUT2D eigenvalue weighted by Gasteiger charge is -2.35. The van der Waals surface area contributed by atoms with Crippen molar-refractivity contribution in [2.24, 2.45) is 11.8 Å². The average Bonchev–Trinajstić information content (AvgIpc) is 2.20. The minimum atomic E-state index is -4.15. The third-order valence-electron chi connectivity index (χ3n) is 3.55. The molecule has 1 fully saturated rings. The maximum absolute atomic E-state index is 12.3. The fraction of sp³-hybridized carbons (Fsp3) is 1.00. The third-order valence-corrected chi connectivity index (χ3v) is 3.55. The lowest BCUT2D eigenvalue weighted by Crippen LogP contribution is -2.42. The predicted octanol–water partition coefficient (Wildman–Crippen LogP) is 2.67.